The van der Waals surface area contributed by atoms with Crippen LogP contribution in [0, 0.1) is 28.8 Å². The lowest BCUT2D eigenvalue weighted by molar-refractivity contribution is 0.00567. The second-order valence-electron chi connectivity index (χ2n) is 13.3. The van der Waals surface area contributed by atoms with Crippen molar-refractivity contribution in [2.24, 2.45) is 21.3 Å². The number of nitrogens with zero attached hydrogens (tertiary/aromatic N) is 3. The number of carbonyl (C=O) groups excluding carboxylic acids is 1. The summed E-state index contributed by atoms with van der Waals surface area (Å²) >= 11 is 0. The Labute approximate surface area is 284 Å². The van der Waals surface area contributed by atoms with E-state index in [2.05, 4.69) is 26.3 Å². The molecule has 0 spiro atoms. The Balaban J connectivity index is 1.04. The predicted octanol–water partition coefficient (Wildman–Crippen LogP) is 4.40. The second kappa shape index (κ2) is 14.7. The molecule has 11 nitrogen and oxygen atoms in total. The molecule has 1 saturated carbocycles. The topological polar surface area (TPSA) is 121 Å². The van der Waals surface area contributed by atoms with Crippen molar-refractivity contribution < 1.29 is 32.3 Å². The fourth-order valence-electron chi connectivity index (χ4n) is 6.77. The largest absolute Gasteiger partial charge is 0.497 e. The van der Waals surface area contributed by atoms with Gasteiger partial charge in [-0.25, -0.2) is 23.6 Å². The van der Waals surface area contributed by atoms with Gasteiger partial charge in [0.25, 0.3) is 5.91 Å². The molecule has 4 aliphatic rings. The third kappa shape index (κ3) is 7.49. The lowest BCUT2D eigenvalue weighted by atomic mass is 9.68. The minimum atomic E-state index is -1.55. The van der Waals surface area contributed by atoms with Crippen molar-refractivity contribution in [1.29, 1.82) is 0 Å². The number of nitrogens with one attached hydrogen (secondary N) is 4. The molecule has 1 amide bonds. The number of hydrogen-bond donors (Lipinski definition) is 4. The van der Waals surface area contributed by atoms with E-state index < -0.39 is 46.4 Å². The average molecular weight is 684 g/mol. The van der Waals surface area contributed by atoms with Gasteiger partial charge in [-0.1, -0.05) is 19.1 Å². The third-order valence-electron chi connectivity index (χ3n) is 10.1. The zero-order valence-corrected chi connectivity index (χ0v) is 28.1. The molecular formula is C35H44F3N7O4. The van der Waals surface area contributed by atoms with Crippen molar-refractivity contribution in [3.8, 4) is 11.5 Å². The molecule has 0 radical (unpaired) electrons. The molecule has 4 N–H and O–H groups in total. The summed E-state index contributed by atoms with van der Waals surface area (Å²) in [6, 6.07) is 7.36. The molecule has 14 heteroatoms. The van der Waals surface area contributed by atoms with Gasteiger partial charge in [-0.3, -0.25) is 10.3 Å². The van der Waals surface area contributed by atoms with E-state index in [-0.39, 0.29) is 24.5 Å². The fraction of sp³-hybridized carbons (Fsp3) is 0.514. The van der Waals surface area contributed by atoms with Gasteiger partial charge >= 0.3 is 0 Å². The van der Waals surface area contributed by atoms with Gasteiger partial charge in [-0.05, 0) is 74.3 Å². The first-order chi connectivity index (χ1) is 23.6. The molecule has 0 aromatic heterocycles. The highest BCUT2D eigenvalue weighted by Crippen LogP contribution is 2.42. The smallest absolute Gasteiger partial charge is 0.254 e. The Kier molecular flexibility index (Phi) is 10.3. The lowest BCUT2D eigenvalue weighted by Gasteiger charge is -2.39. The summed E-state index contributed by atoms with van der Waals surface area (Å²) in [5.41, 5.74) is 2.02. The lowest BCUT2D eigenvalue weighted by Crippen LogP contribution is -2.53. The number of aliphatic imine (C=N–C) groups is 2. The molecule has 3 aliphatic heterocycles. The van der Waals surface area contributed by atoms with Crippen LogP contribution in [-0.2, 0) is 11.4 Å². The number of halogens is 3. The number of amides is 1. The zero-order chi connectivity index (χ0) is 34.6. The maximum Gasteiger partial charge on any atom is 0.254 e. The maximum absolute atomic E-state index is 15.0. The molecule has 6 rings (SSSR count). The normalized spacial score (nSPS) is 26.7. The van der Waals surface area contributed by atoms with Crippen LogP contribution < -0.4 is 30.9 Å². The zero-order valence-electron chi connectivity index (χ0n) is 28.1. The summed E-state index contributed by atoms with van der Waals surface area (Å²) in [4.78, 5) is 31.1. The van der Waals surface area contributed by atoms with E-state index in [0.29, 0.717) is 17.4 Å². The monoisotopic (exact) mass is 683 g/mol. The molecule has 1 saturated heterocycles. The Bertz CT molecular complexity index is 1610. The van der Waals surface area contributed by atoms with Crippen LogP contribution in [0.1, 0.15) is 61.9 Å². The first-order valence-electron chi connectivity index (χ1n) is 16.8. The SMILES string of the molecule is CCC1(CNC(=O)c2cc(F)c(OCc3ccc(OC)cc3)c(F)c2F)CCC(C2=NC(C3(C)C=CNC(N4CCNCC4)=N3)ON2)CC1. The van der Waals surface area contributed by atoms with E-state index in [4.69, 9.17) is 24.3 Å². The van der Waals surface area contributed by atoms with E-state index >= 15 is 4.39 Å². The summed E-state index contributed by atoms with van der Waals surface area (Å²) in [5.74, 6) is -3.58. The van der Waals surface area contributed by atoms with Crippen molar-refractivity contribution in [3.63, 3.8) is 0 Å². The molecule has 2 aromatic rings. The van der Waals surface area contributed by atoms with Crippen molar-refractivity contribution in [2.75, 3.05) is 39.8 Å². The summed E-state index contributed by atoms with van der Waals surface area (Å²) in [6.07, 6.45) is 7.25. The second-order valence-corrected chi connectivity index (χ2v) is 13.3. The molecule has 0 bridgehead atoms. The van der Waals surface area contributed by atoms with Gasteiger partial charge < -0.3 is 30.3 Å². The van der Waals surface area contributed by atoms with Crippen LogP contribution in [0.5, 0.6) is 11.5 Å². The fourth-order valence-corrected chi connectivity index (χ4v) is 6.77. The number of benzene rings is 2. The van der Waals surface area contributed by atoms with Crippen LogP contribution in [0.4, 0.5) is 13.2 Å². The van der Waals surface area contributed by atoms with Gasteiger partial charge in [0.1, 0.15) is 23.7 Å². The highest BCUT2D eigenvalue weighted by atomic mass is 19.2. The van der Waals surface area contributed by atoms with Crippen LogP contribution >= 0.6 is 0 Å². The Morgan fingerprint density at radius 3 is 2.55 bits per heavy atom. The van der Waals surface area contributed by atoms with Gasteiger partial charge in [0, 0.05) is 44.8 Å². The number of amidine groups is 1. The minimum absolute atomic E-state index is 0.136. The molecule has 2 aromatic carbocycles. The maximum atomic E-state index is 15.0. The summed E-state index contributed by atoms with van der Waals surface area (Å²) in [6.45, 7) is 7.63. The third-order valence-corrected chi connectivity index (χ3v) is 10.1. The first kappa shape index (κ1) is 34.6. The van der Waals surface area contributed by atoms with E-state index in [9.17, 15) is 13.6 Å². The number of carbonyl (C=O) groups is 1. The van der Waals surface area contributed by atoms with Crippen LogP contribution in [-0.4, -0.2) is 74.2 Å². The summed E-state index contributed by atoms with van der Waals surface area (Å²) in [7, 11) is 1.52. The molecule has 2 unspecified atom stereocenters. The van der Waals surface area contributed by atoms with Crippen molar-refractivity contribution in [3.05, 3.63) is 71.2 Å². The quantitative estimate of drug-likeness (QED) is 0.272. The molecule has 2 fully saturated rings. The summed E-state index contributed by atoms with van der Waals surface area (Å²) < 4.78 is 55.2. The highest BCUT2D eigenvalue weighted by Gasteiger charge is 2.42. The Morgan fingerprint density at radius 1 is 1.12 bits per heavy atom. The molecule has 264 valence electrons. The highest BCUT2D eigenvalue weighted by molar-refractivity contribution is 5.94. The van der Waals surface area contributed by atoms with Gasteiger partial charge in [0.15, 0.2) is 23.3 Å². The van der Waals surface area contributed by atoms with Crippen LogP contribution in [0.15, 0.2) is 52.6 Å². The van der Waals surface area contributed by atoms with Crippen LogP contribution in [0.25, 0.3) is 0 Å². The van der Waals surface area contributed by atoms with Gasteiger partial charge in [0.05, 0.1) is 12.7 Å². The molecule has 3 heterocycles. The first-order valence-corrected chi connectivity index (χ1v) is 16.8. The number of guanidine groups is 1. The van der Waals surface area contributed by atoms with Gasteiger partial charge in [0.2, 0.25) is 12.0 Å². The molecule has 49 heavy (non-hydrogen) atoms. The van der Waals surface area contributed by atoms with Crippen molar-refractivity contribution in [2.45, 2.75) is 64.3 Å². The Morgan fingerprint density at radius 2 is 1.86 bits per heavy atom. The standard InChI is InChI=1S/C35H44F3N7O4/c1-4-35(21-41-31(46)25-19-26(36)29(28(38)27(25)37)48-20-22-5-7-24(47-3)8-6-22)11-9-23(10-12-35)30-42-32(49-44-30)34(2)13-14-40-33(43-34)45-17-15-39-16-18-45/h5-8,13-14,19,23,32,39H,4,9-12,15-18,20-21H2,1-3H3,(H,40,43)(H,41,46)(H,42,44). The molecule has 2 atom stereocenters. The Hall–Kier alpha value is -4.30. The molecular weight excluding hydrogens is 639 g/mol. The van der Waals surface area contributed by atoms with E-state index in [1.807, 2.05) is 26.1 Å². The number of methoxy groups -OCH3 is 1. The van der Waals surface area contributed by atoms with E-state index in [1.165, 1.54) is 7.11 Å². The van der Waals surface area contributed by atoms with Gasteiger partial charge in [-0.15, -0.1) is 0 Å². The minimum Gasteiger partial charge on any atom is -0.497 e. The number of piperazine rings is 1. The van der Waals surface area contributed by atoms with Crippen LogP contribution in [0.3, 0.4) is 0 Å². The number of rotatable bonds is 10. The number of hydroxylamine groups is 1. The van der Waals surface area contributed by atoms with Crippen molar-refractivity contribution in [1.82, 2.24) is 26.3 Å². The van der Waals surface area contributed by atoms with Crippen molar-refractivity contribution >= 4 is 17.7 Å². The van der Waals surface area contributed by atoms with Crippen LogP contribution in [0.2, 0.25) is 0 Å². The van der Waals surface area contributed by atoms with Gasteiger partial charge in [-0.2, -0.15) is 4.39 Å². The van der Waals surface area contributed by atoms with E-state index in [0.717, 1.165) is 70.1 Å². The number of ether oxygens (including phenoxy) is 2. The predicted molar refractivity (Wildman–Crippen MR) is 179 cm³/mol. The van der Waals surface area contributed by atoms with E-state index in [1.54, 1.807) is 24.3 Å². The molecule has 1 aliphatic carbocycles. The number of hydrogen-bond acceptors (Lipinski definition) is 10. The summed E-state index contributed by atoms with van der Waals surface area (Å²) in [5, 5.41) is 9.35. The average Bonchev–Trinajstić information content (AvgIpc) is 3.65.